The van der Waals surface area contributed by atoms with Gasteiger partial charge in [-0.3, -0.25) is 0 Å². The van der Waals surface area contributed by atoms with E-state index in [-0.39, 0.29) is 23.5 Å². The highest BCUT2D eigenvalue weighted by Crippen LogP contribution is 2.31. The van der Waals surface area contributed by atoms with Crippen molar-refractivity contribution in [3.05, 3.63) is 23.4 Å². The van der Waals surface area contributed by atoms with Crippen molar-refractivity contribution in [3.8, 4) is 0 Å². The highest BCUT2D eigenvalue weighted by atomic mass is 32.2. The molecule has 2 rings (SSSR count). The number of rotatable bonds is 2. The number of nitrogen functional groups attached to an aromatic ring is 1. The summed E-state index contributed by atoms with van der Waals surface area (Å²) in [5.74, 6) is 0.727. The Morgan fingerprint density at radius 3 is 2.82 bits per heavy atom. The average Bonchev–Trinajstić information content (AvgIpc) is 2.61. The van der Waals surface area contributed by atoms with E-state index in [4.69, 9.17) is 11.5 Å². The maximum absolute atomic E-state index is 11.4. The van der Waals surface area contributed by atoms with Crippen LogP contribution in [0.4, 0.5) is 5.82 Å². The lowest BCUT2D eigenvalue weighted by molar-refractivity contribution is 0.480. The van der Waals surface area contributed by atoms with Gasteiger partial charge in [0.1, 0.15) is 5.82 Å². The summed E-state index contributed by atoms with van der Waals surface area (Å²) in [6.07, 6.45) is 2.29. The van der Waals surface area contributed by atoms with Gasteiger partial charge >= 0.3 is 0 Å². The van der Waals surface area contributed by atoms with Crippen molar-refractivity contribution >= 4 is 15.7 Å². The van der Waals surface area contributed by atoms with Crippen LogP contribution in [0.1, 0.15) is 23.6 Å². The molecule has 1 aliphatic heterocycles. The Morgan fingerprint density at radius 2 is 2.24 bits per heavy atom. The maximum atomic E-state index is 11.4. The topological polar surface area (TPSA) is 99.1 Å². The summed E-state index contributed by atoms with van der Waals surface area (Å²) in [6.45, 7) is 1.91. The first-order chi connectivity index (χ1) is 7.89. The second kappa shape index (κ2) is 4.27. The van der Waals surface area contributed by atoms with Crippen molar-refractivity contribution in [1.29, 1.82) is 0 Å². The van der Waals surface area contributed by atoms with E-state index in [1.165, 1.54) is 0 Å². The number of anilines is 1. The van der Waals surface area contributed by atoms with E-state index in [1.807, 2.05) is 13.0 Å². The van der Waals surface area contributed by atoms with E-state index >= 15 is 0 Å². The first-order valence-electron chi connectivity index (χ1n) is 5.57. The zero-order chi connectivity index (χ0) is 12.6. The van der Waals surface area contributed by atoms with Crippen LogP contribution in [0.2, 0.25) is 0 Å². The molecule has 17 heavy (non-hydrogen) atoms. The molecule has 5 nitrogen and oxygen atoms in total. The van der Waals surface area contributed by atoms with Gasteiger partial charge in [0.2, 0.25) is 0 Å². The fourth-order valence-electron chi connectivity index (χ4n) is 2.23. The number of nitrogens with two attached hydrogens (primary N) is 2. The van der Waals surface area contributed by atoms with Gasteiger partial charge in [0.15, 0.2) is 9.84 Å². The van der Waals surface area contributed by atoms with Gasteiger partial charge in [0.25, 0.3) is 0 Å². The van der Waals surface area contributed by atoms with Crippen LogP contribution in [0.25, 0.3) is 0 Å². The highest BCUT2D eigenvalue weighted by Gasteiger charge is 2.33. The van der Waals surface area contributed by atoms with Gasteiger partial charge in [-0.2, -0.15) is 0 Å². The minimum atomic E-state index is -2.91. The third-order valence-electron chi connectivity index (χ3n) is 3.22. The van der Waals surface area contributed by atoms with Crippen LogP contribution < -0.4 is 11.5 Å². The van der Waals surface area contributed by atoms with Gasteiger partial charge in [-0.05, 0) is 30.9 Å². The van der Waals surface area contributed by atoms with Crippen molar-refractivity contribution in [2.45, 2.75) is 19.4 Å². The molecule has 1 fully saturated rings. The van der Waals surface area contributed by atoms with Crippen LogP contribution in [-0.4, -0.2) is 24.9 Å². The molecule has 2 heterocycles. The molecule has 0 saturated carbocycles. The van der Waals surface area contributed by atoms with Crippen molar-refractivity contribution in [2.75, 3.05) is 17.2 Å². The summed E-state index contributed by atoms with van der Waals surface area (Å²) < 4.78 is 22.9. The smallest absolute Gasteiger partial charge is 0.150 e. The first-order valence-corrected chi connectivity index (χ1v) is 7.39. The molecule has 0 amide bonds. The molecule has 0 aromatic carbocycles. The van der Waals surface area contributed by atoms with Crippen LogP contribution in [0.5, 0.6) is 0 Å². The molecule has 6 heteroatoms. The molecule has 94 valence electrons. The maximum Gasteiger partial charge on any atom is 0.150 e. The number of hydrogen-bond acceptors (Lipinski definition) is 5. The number of aromatic nitrogens is 1. The van der Waals surface area contributed by atoms with Crippen LogP contribution in [0.3, 0.4) is 0 Å². The lowest BCUT2D eigenvalue weighted by Gasteiger charge is -2.19. The molecule has 2 unspecified atom stereocenters. The minimum absolute atomic E-state index is 0.0501. The van der Waals surface area contributed by atoms with E-state index in [0.717, 1.165) is 11.1 Å². The summed E-state index contributed by atoms with van der Waals surface area (Å²) in [7, 11) is -2.91. The predicted octanol–water partition coefficient (Wildman–Crippen LogP) is 0.407. The van der Waals surface area contributed by atoms with Gasteiger partial charge in [-0.25, -0.2) is 13.4 Å². The van der Waals surface area contributed by atoms with Crippen molar-refractivity contribution in [3.63, 3.8) is 0 Å². The Hall–Kier alpha value is -1.14. The number of hydrogen-bond donors (Lipinski definition) is 2. The van der Waals surface area contributed by atoms with Crippen LogP contribution in [-0.2, 0) is 9.84 Å². The molecule has 0 bridgehead atoms. The van der Waals surface area contributed by atoms with E-state index < -0.39 is 9.84 Å². The van der Waals surface area contributed by atoms with Crippen LogP contribution in [0.15, 0.2) is 12.3 Å². The number of sulfone groups is 1. The van der Waals surface area contributed by atoms with Crippen molar-refractivity contribution < 1.29 is 8.42 Å². The lowest BCUT2D eigenvalue weighted by atomic mass is 9.93. The first kappa shape index (κ1) is 12.3. The summed E-state index contributed by atoms with van der Waals surface area (Å²) >= 11 is 0. The summed E-state index contributed by atoms with van der Waals surface area (Å²) in [6, 6.07) is 1.54. The van der Waals surface area contributed by atoms with E-state index in [9.17, 15) is 8.42 Å². The molecule has 1 aliphatic rings. The zero-order valence-corrected chi connectivity index (χ0v) is 10.6. The standard InChI is InChI=1S/C11H17N3O2S/c1-7-4-9(11(13)14-5-7)10(12)8-2-3-17(15,16)6-8/h4-5,8,10H,2-3,6,12H2,1H3,(H2,13,14). The normalized spacial score (nSPS) is 24.7. The Morgan fingerprint density at radius 1 is 1.53 bits per heavy atom. The highest BCUT2D eigenvalue weighted by molar-refractivity contribution is 7.91. The van der Waals surface area contributed by atoms with Gasteiger partial charge < -0.3 is 11.5 Å². The molecular formula is C11H17N3O2S. The van der Waals surface area contributed by atoms with Gasteiger partial charge in [0.05, 0.1) is 11.5 Å². The lowest BCUT2D eigenvalue weighted by Crippen LogP contribution is -2.24. The second-order valence-electron chi connectivity index (χ2n) is 4.68. The monoisotopic (exact) mass is 255 g/mol. The fraction of sp³-hybridized carbons (Fsp3) is 0.545. The number of aryl methyl sites for hydroxylation is 1. The molecule has 1 saturated heterocycles. The third kappa shape index (κ3) is 2.58. The largest absolute Gasteiger partial charge is 0.383 e. The molecule has 1 aromatic heterocycles. The predicted molar refractivity (Wildman–Crippen MR) is 67.1 cm³/mol. The minimum Gasteiger partial charge on any atom is -0.383 e. The quantitative estimate of drug-likeness (QED) is 0.797. The van der Waals surface area contributed by atoms with Gasteiger partial charge in [-0.15, -0.1) is 0 Å². The molecule has 0 radical (unpaired) electrons. The van der Waals surface area contributed by atoms with Crippen molar-refractivity contribution in [1.82, 2.24) is 4.98 Å². The summed E-state index contributed by atoms with van der Waals surface area (Å²) in [5.41, 5.74) is 13.6. The summed E-state index contributed by atoms with van der Waals surface area (Å²) in [4.78, 5) is 4.06. The molecule has 1 aromatic rings. The number of nitrogens with zero attached hydrogens (tertiary/aromatic N) is 1. The molecule has 0 spiro atoms. The van der Waals surface area contributed by atoms with Gasteiger partial charge in [0, 0.05) is 17.8 Å². The van der Waals surface area contributed by atoms with Crippen molar-refractivity contribution in [2.24, 2.45) is 11.7 Å². The second-order valence-corrected chi connectivity index (χ2v) is 6.90. The average molecular weight is 255 g/mol. The van der Waals surface area contributed by atoms with E-state index in [1.54, 1.807) is 6.20 Å². The van der Waals surface area contributed by atoms with Crippen LogP contribution in [0, 0.1) is 12.8 Å². The Balaban J connectivity index is 2.26. The molecule has 4 N–H and O–H groups in total. The van der Waals surface area contributed by atoms with E-state index in [0.29, 0.717) is 12.2 Å². The Labute approximate surface area is 101 Å². The zero-order valence-electron chi connectivity index (χ0n) is 9.76. The molecule has 0 aliphatic carbocycles. The SMILES string of the molecule is Cc1cnc(N)c(C(N)C2CCS(=O)(=O)C2)c1. The summed E-state index contributed by atoms with van der Waals surface area (Å²) in [5, 5.41) is 0. The van der Waals surface area contributed by atoms with E-state index in [2.05, 4.69) is 4.98 Å². The van der Waals surface area contributed by atoms with Gasteiger partial charge in [-0.1, -0.05) is 0 Å². The molecular weight excluding hydrogens is 238 g/mol. The Bertz CT molecular complexity index is 528. The fourth-order valence-corrected chi connectivity index (χ4v) is 4.09. The third-order valence-corrected chi connectivity index (χ3v) is 5.01. The number of pyridine rings is 1. The van der Waals surface area contributed by atoms with Crippen LogP contribution >= 0.6 is 0 Å². The molecule has 2 atom stereocenters. The Kier molecular flexibility index (Phi) is 3.09.